The van der Waals surface area contributed by atoms with Crippen LogP contribution in [0.25, 0.3) is 10.9 Å². The van der Waals surface area contributed by atoms with Crippen molar-refractivity contribution in [2.24, 2.45) is 5.10 Å². The van der Waals surface area contributed by atoms with Gasteiger partial charge in [-0.05, 0) is 30.3 Å². The molecular weight excluding hydrogens is 360 g/mol. The van der Waals surface area contributed by atoms with Gasteiger partial charge in [-0.25, -0.2) is 0 Å². The second-order valence-electron chi connectivity index (χ2n) is 5.24. The first-order chi connectivity index (χ1) is 12.5. The lowest BCUT2D eigenvalue weighted by Gasteiger charge is -2.06. The van der Waals surface area contributed by atoms with Gasteiger partial charge in [0.2, 0.25) is 5.75 Å². The molecule has 0 unspecified atom stereocenters. The molecule has 0 saturated heterocycles. The molecule has 0 spiro atoms. The molecule has 0 radical (unpaired) electrons. The highest BCUT2D eigenvalue weighted by Gasteiger charge is 2.19. The monoisotopic (exact) mass is 372 g/mol. The Hall–Kier alpha value is -3.39. The molecule has 1 heterocycles. The smallest absolute Gasteiger partial charge is 0.315 e. The number of hydrogen-bond donors (Lipinski definition) is 2. The number of benzene rings is 2. The molecule has 3 aromatic rings. The van der Waals surface area contributed by atoms with Crippen LogP contribution in [0.4, 0.5) is 11.4 Å². The molecule has 26 heavy (non-hydrogen) atoms. The van der Waals surface area contributed by atoms with E-state index in [1.54, 1.807) is 24.4 Å². The van der Waals surface area contributed by atoms with Crippen molar-refractivity contribution in [1.29, 1.82) is 0 Å². The number of anilines is 1. The van der Waals surface area contributed by atoms with Gasteiger partial charge in [-0.2, -0.15) is 5.10 Å². The van der Waals surface area contributed by atoms with E-state index in [9.17, 15) is 15.2 Å². The van der Waals surface area contributed by atoms with Gasteiger partial charge in [0.05, 0.1) is 29.5 Å². The summed E-state index contributed by atoms with van der Waals surface area (Å²) in [5.41, 5.74) is 4.20. The lowest BCUT2D eigenvalue weighted by atomic mass is 10.2. The van der Waals surface area contributed by atoms with E-state index in [-0.39, 0.29) is 5.75 Å². The maximum atomic E-state index is 11.0. The van der Waals surface area contributed by atoms with Gasteiger partial charge >= 0.3 is 5.69 Å². The molecule has 0 saturated carbocycles. The van der Waals surface area contributed by atoms with Crippen LogP contribution in [-0.2, 0) is 0 Å². The SMILES string of the molecule is COc1cc(/C=N/Nc2ccnc3cc(Cl)ccc23)cc([N+](=O)[O-])c1O. The number of rotatable bonds is 5. The highest BCUT2D eigenvalue weighted by atomic mass is 35.5. The summed E-state index contributed by atoms with van der Waals surface area (Å²) >= 11 is 5.96. The highest BCUT2D eigenvalue weighted by molar-refractivity contribution is 6.31. The van der Waals surface area contributed by atoms with Crippen LogP contribution in [0.1, 0.15) is 5.56 Å². The fraction of sp³-hybridized carbons (Fsp3) is 0.0588. The van der Waals surface area contributed by atoms with Crippen molar-refractivity contribution in [3.63, 3.8) is 0 Å². The highest BCUT2D eigenvalue weighted by Crippen LogP contribution is 2.36. The summed E-state index contributed by atoms with van der Waals surface area (Å²) in [5, 5.41) is 26.3. The maximum absolute atomic E-state index is 11.0. The summed E-state index contributed by atoms with van der Waals surface area (Å²) in [7, 11) is 1.31. The summed E-state index contributed by atoms with van der Waals surface area (Å²) in [5.74, 6) is -0.538. The van der Waals surface area contributed by atoms with E-state index >= 15 is 0 Å². The van der Waals surface area contributed by atoms with Crippen LogP contribution in [0.15, 0.2) is 47.7 Å². The predicted molar refractivity (Wildman–Crippen MR) is 99.3 cm³/mol. The lowest BCUT2D eigenvalue weighted by Crippen LogP contribution is -1.96. The number of pyridine rings is 1. The van der Waals surface area contributed by atoms with Crippen molar-refractivity contribution >= 4 is 40.1 Å². The number of phenols is 1. The Bertz CT molecular complexity index is 1020. The first-order valence-corrected chi connectivity index (χ1v) is 7.76. The van der Waals surface area contributed by atoms with E-state index in [0.29, 0.717) is 21.8 Å². The Morgan fingerprint density at radius 3 is 2.88 bits per heavy atom. The molecule has 132 valence electrons. The quantitative estimate of drug-likeness (QED) is 0.398. The van der Waals surface area contributed by atoms with E-state index in [2.05, 4.69) is 15.5 Å². The Kier molecular flexibility index (Phi) is 4.85. The minimum Gasteiger partial charge on any atom is -0.500 e. The van der Waals surface area contributed by atoms with Gasteiger partial charge in [0, 0.05) is 28.2 Å². The molecule has 0 atom stereocenters. The fourth-order valence-electron chi connectivity index (χ4n) is 2.38. The summed E-state index contributed by atoms with van der Waals surface area (Å²) < 4.78 is 4.95. The largest absolute Gasteiger partial charge is 0.500 e. The third kappa shape index (κ3) is 3.50. The van der Waals surface area contributed by atoms with Crippen molar-refractivity contribution in [2.75, 3.05) is 12.5 Å². The minimum absolute atomic E-state index is 0.00958. The number of halogens is 1. The molecule has 0 aliphatic rings. The number of nitrogens with zero attached hydrogens (tertiary/aromatic N) is 3. The number of nitrogens with one attached hydrogen (secondary N) is 1. The van der Waals surface area contributed by atoms with Crippen molar-refractivity contribution < 1.29 is 14.8 Å². The number of aromatic hydroxyl groups is 1. The summed E-state index contributed by atoms with van der Waals surface area (Å²) in [6, 6.07) is 9.68. The molecule has 0 aliphatic carbocycles. The second kappa shape index (κ2) is 7.24. The lowest BCUT2D eigenvalue weighted by molar-refractivity contribution is -0.386. The van der Waals surface area contributed by atoms with Gasteiger partial charge < -0.3 is 9.84 Å². The van der Waals surface area contributed by atoms with Crippen molar-refractivity contribution in [3.05, 3.63) is 63.3 Å². The van der Waals surface area contributed by atoms with Crippen LogP contribution in [0.3, 0.4) is 0 Å². The van der Waals surface area contributed by atoms with E-state index in [4.69, 9.17) is 16.3 Å². The standard InChI is InChI=1S/C17H13ClN4O4/c1-26-16-7-10(6-15(17(16)23)22(24)25)9-20-21-13-4-5-19-14-8-11(18)2-3-12(13)14/h2-9,23H,1H3,(H,19,21)/b20-9+. The number of nitro groups is 1. The van der Waals surface area contributed by atoms with Crippen LogP contribution >= 0.6 is 11.6 Å². The van der Waals surface area contributed by atoms with Gasteiger partial charge in [0.15, 0.2) is 5.75 Å². The molecule has 2 aromatic carbocycles. The fourth-order valence-corrected chi connectivity index (χ4v) is 2.54. The number of ether oxygens (including phenoxy) is 1. The topological polar surface area (TPSA) is 110 Å². The predicted octanol–water partition coefficient (Wildman–Crippen LogP) is 3.96. The minimum atomic E-state index is -0.692. The van der Waals surface area contributed by atoms with Gasteiger partial charge in [0.1, 0.15) is 0 Å². The summed E-state index contributed by atoms with van der Waals surface area (Å²) in [6.07, 6.45) is 3.00. The average molecular weight is 373 g/mol. The summed E-state index contributed by atoms with van der Waals surface area (Å²) in [6.45, 7) is 0. The normalized spacial score (nSPS) is 11.0. The molecule has 0 fully saturated rings. The Labute approximate surface area is 152 Å². The molecule has 9 heteroatoms. The van der Waals surface area contributed by atoms with Gasteiger partial charge in [-0.15, -0.1) is 0 Å². The number of nitro benzene ring substituents is 1. The third-order valence-corrected chi connectivity index (χ3v) is 3.83. The Morgan fingerprint density at radius 2 is 2.15 bits per heavy atom. The van der Waals surface area contributed by atoms with E-state index in [1.807, 2.05) is 6.07 Å². The van der Waals surface area contributed by atoms with E-state index in [1.165, 1.54) is 25.5 Å². The van der Waals surface area contributed by atoms with Crippen LogP contribution in [0, 0.1) is 10.1 Å². The zero-order valence-corrected chi connectivity index (χ0v) is 14.3. The van der Waals surface area contributed by atoms with Crippen LogP contribution in [-0.4, -0.2) is 28.3 Å². The molecule has 0 aliphatic heterocycles. The maximum Gasteiger partial charge on any atom is 0.315 e. The molecular formula is C17H13ClN4O4. The van der Waals surface area contributed by atoms with Gasteiger partial charge in [0.25, 0.3) is 0 Å². The molecule has 2 N–H and O–H groups in total. The average Bonchev–Trinajstić information content (AvgIpc) is 2.62. The number of methoxy groups -OCH3 is 1. The number of aromatic nitrogens is 1. The van der Waals surface area contributed by atoms with Crippen molar-refractivity contribution in [1.82, 2.24) is 4.98 Å². The molecule has 3 rings (SSSR count). The zero-order chi connectivity index (χ0) is 18.7. The number of fused-ring (bicyclic) bond motifs is 1. The van der Waals surface area contributed by atoms with Gasteiger partial charge in [-0.1, -0.05) is 11.6 Å². The zero-order valence-electron chi connectivity index (χ0n) is 13.5. The van der Waals surface area contributed by atoms with Crippen molar-refractivity contribution in [3.8, 4) is 11.5 Å². The number of hydrogen-bond acceptors (Lipinski definition) is 7. The number of hydrazone groups is 1. The molecule has 1 aromatic heterocycles. The summed E-state index contributed by atoms with van der Waals surface area (Å²) in [4.78, 5) is 14.6. The Morgan fingerprint density at radius 1 is 1.35 bits per heavy atom. The first kappa shape index (κ1) is 17.4. The van der Waals surface area contributed by atoms with E-state index in [0.717, 1.165) is 5.39 Å². The van der Waals surface area contributed by atoms with Crippen molar-refractivity contribution in [2.45, 2.75) is 0 Å². The Balaban J connectivity index is 1.90. The van der Waals surface area contributed by atoms with Crippen LogP contribution < -0.4 is 10.2 Å². The third-order valence-electron chi connectivity index (χ3n) is 3.60. The van der Waals surface area contributed by atoms with Gasteiger partial charge in [-0.3, -0.25) is 20.5 Å². The molecule has 0 bridgehead atoms. The number of phenolic OH excluding ortho intramolecular Hbond substituents is 1. The first-order valence-electron chi connectivity index (χ1n) is 7.38. The van der Waals surface area contributed by atoms with Crippen LogP contribution in [0.5, 0.6) is 11.5 Å². The molecule has 0 amide bonds. The van der Waals surface area contributed by atoms with E-state index < -0.39 is 16.4 Å². The van der Waals surface area contributed by atoms with Crippen LogP contribution in [0.2, 0.25) is 5.02 Å². The molecule has 8 nitrogen and oxygen atoms in total. The second-order valence-corrected chi connectivity index (χ2v) is 5.67.